The van der Waals surface area contributed by atoms with Gasteiger partial charge in [-0.2, -0.15) is 9.41 Å². The molecule has 0 saturated heterocycles. The van der Waals surface area contributed by atoms with E-state index < -0.39 is 28.3 Å². The van der Waals surface area contributed by atoms with Crippen LogP contribution in [0.5, 0.6) is 11.5 Å². The number of carbonyl (C=O) groups excluding carboxylic acids is 1. The first-order chi connectivity index (χ1) is 16.3. The van der Waals surface area contributed by atoms with Crippen LogP contribution in [0.15, 0.2) is 82.8 Å². The van der Waals surface area contributed by atoms with E-state index in [1.807, 2.05) is 6.07 Å². The molecule has 8 nitrogen and oxygen atoms in total. The summed E-state index contributed by atoms with van der Waals surface area (Å²) in [4.78, 5) is 12.5. The van der Waals surface area contributed by atoms with Gasteiger partial charge in [-0.05, 0) is 35.4 Å². The van der Waals surface area contributed by atoms with E-state index in [1.165, 1.54) is 56.8 Å². The van der Waals surface area contributed by atoms with Crippen LogP contribution in [-0.2, 0) is 21.4 Å². The number of halogens is 1. The van der Waals surface area contributed by atoms with Crippen LogP contribution in [0.2, 0.25) is 0 Å². The van der Waals surface area contributed by atoms with Crippen molar-refractivity contribution >= 4 is 22.1 Å². The predicted octanol–water partition coefficient (Wildman–Crippen LogP) is 3.18. The lowest BCUT2D eigenvalue weighted by atomic mass is 10.2. The summed E-state index contributed by atoms with van der Waals surface area (Å²) >= 11 is 0. The number of hydrazone groups is 1. The maximum absolute atomic E-state index is 13.6. The number of hydrogen-bond acceptors (Lipinski definition) is 6. The van der Waals surface area contributed by atoms with Crippen molar-refractivity contribution < 1.29 is 27.1 Å². The van der Waals surface area contributed by atoms with E-state index in [-0.39, 0.29) is 17.2 Å². The SMILES string of the molecule is COc1ccc(OC)c(S(=O)(=O)N(CC(=O)N/N=C/c2ccc(F)cc2)Cc2ccccc2)c1. The molecular weight excluding hydrogens is 461 g/mol. The number of rotatable bonds is 10. The minimum Gasteiger partial charge on any atom is -0.497 e. The zero-order valence-corrected chi connectivity index (χ0v) is 19.5. The van der Waals surface area contributed by atoms with Crippen LogP contribution < -0.4 is 14.9 Å². The Balaban J connectivity index is 1.86. The van der Waals surface area contributed by atoms with Gasteiger partial charge in [0.15, 0.2) is 0 Å². The lowest BCUT2D eigenvalue weighted by Gasteiger charge is -2.23. The number of ether oxygens (including phenoxy) is 2. The highest BCUT2D eigenvalue weighted by Crippen LogP contribution is 2.31. The summed E-state index contributed by atoms with van der Waals surface area (Å²) in [5.41, 5.74) is 3.57. The van der Waals surface area contributed by atoms with Crippen LogP contribution in [0.3, 0.4) is 0 Å². The molecule has 0 atom stereocenters. The van der Waals surface area contributed by atoms with Crippen molar-refractivity contribution in [2.24, 2.45) is 5.10 Å². The van der Waals surface area contributed by atoms with Crippen LogP contribution in [0, 0.1) is 5.82 Å². The Bertz CT molecular complexity index is 1250. The van der Waals surface area contributed by atoms with Gasteiger partial charge in [-0.15, -0.1) is 0 Å². The maximum atomic E-state index is 13.6. The molecule has 0 fully saturated rings. The molecule has 3 aromatic carbocycles. The van der Waals surface area contributed by atoms with Gasteiger partial charge < -0.3 is 9.47 Å². The highest BCUT2D eigenvalue weighted by atomic mass is 32.2. The Morgan fingerprint density at radius 1 is 1.03 bits per heavy atom. The Hall–Kier alpha value is -3.76. The molecule has 0 unspecified atom stereocenters. The summed E-state index contributed by atoms with van der Waals surface area (Å²) in [6, 6.07) is 18.8. The van der Waals surface area contributed by atoms with Gasteiger partial charge in [-0.1, -0.05) is 42.5 Å². The average molecular weight is 486 g/mol. The van der Waals surface area contributed by atoms with Crippen LogP contribution in [0.4, 0.5) is 4.39 Å². The smallest absolute Gasteiger partial charge is 0.255 e. The van der Waals surface area contributed by atoms with Crippen molar-refractivity contribution in [3.05, 3.63) is 89.7 Å². The molecule has 0 spiro atoms. The van der Waals surface area contributed by atoms with Gasteiger partial charge in [0.2, 0.25) is 10.0 Å². The highest BCUT2D eigenvalue weighted by molar-refractivity contribution is 7.89. The van der Waals surface area contributed by atoms with Gasteiger partial charge in [0.25, 0.3) is 5.91 Å². The highest BCUT2D eigenvalue weighted by Gasteiger charge is 2.30. The fraction of sp³-hybridized carbons (Fsp3) is 0.167. The van der Waals surface area contributed by atoms with E-state index in [4.69, 9.17) is 9.47 Å². The molecule has 0 aromatic heterocycles. The summed E-state index contributed by atoms with van der Waals surface area (Å²) in [6.45, 7) is -0.559. The number of carbonyl (C=O) groups is 1. The second-order valence-electron chi connectivity index (χ2n) is 7.12. The summed E-state index contributed by atoms with van der Waals surface area (Å²) in [5.74, 6) is -0.600. The second kappa shape index (κ2) is 11.4. The third-order valence-corrected chi connectivity index (χ3v) is 6.60. The van der Waals surface area contributed by atoms with Crippen molar-refractivity contribution in [3.8, 4) is 11.5 Å². The van der Waals surface area contributed by atoms with Crippen molar-refractivity contribution in [2.75, 3.05) is 20.8 Å². The molecule has 178 valence electrons. The molecular formula is C24H24FN3O5S. The Morgan fingerprint density at radius 2 is 1.74 bits per heavy atom. The number of nitrogens with zero attached hydrogens (tertiary/aromatic N) is 2. The zero-order chi connectivity index (χ0) is 24.6. The Morgan fingerprint density at radius 3 is 2.38 bits per heavy atom. The van der Waals surface area contributed by atoms with E-state index in [1.54, 1.807) is 30.3 Å². The maximum Gasteiger partial charge on any atom is 0.255 e. The van der Waals surface area contributed by atoms with Crippen molar-refractivity contribution in [1.29, 1.82) is 0 Å². The fourth-order valence-corrected chi connectivity index (χ4v) is 4.62. The van der Waals surface area contributed by atoms with Crippen LogP contribution in [0.1, 0.15) is 11.1 Å². The van der Waals surface area contributed by atoms with Crippen LogP contribution in [0.25, 0.3) is 0 Å². The third kappa shape index (κ3) is 6.40. The van der Waals surface area contributed by atoms with Crippen molar-refractivity contribution in [3.63, 3.8) is 0 Å². The lowest BCUT2D eigenvalue weighted by Crippen LogP contribution is -2.39. The number of nitrogens with one attached hydrogen (secondary N) is 1. The standard InChI is InChI=1S/C24H24FN3O5S/c1-32-21-12-13-22(33-2)23(14-21)34(30,31)28(16-19-6-4-3-5-7-19)17-24(29)27-26-15-18-8-10-20(25)11-9-18/h3-15H,16-17H2,1-2H3,(H,27,29)/b26-15+. The fourth-order valence-electron chi connectivity index (χ4n) is 3.06. The molecule has 0 saturated carbocycles. The Kier molecular flexibility index (Phi) is 8.34. The van der Waals surface area contributed by atoms with E-state index in [0.717, 1.165) is 4.31 Å². The molecule has 3 rings (SSSR count). The summed E-state index contributed by atoms with van der Waals surface area (Å²) in [6.07, 6.45) is 1.33. The quantitative estimate of drug-likeness (QED) is 0.351. The number of sulfonamides is 1. The molecule has 0 radical (unpaired) electrons. The minimum absolute atomic E-state index is 0.0569. The molecule has 0 aliphatic carbocycles. The summed E-state index contributed by atoms with van der Waals surface area (Å²) in [5, 5.41) is 3.83. The van der Waals surface area contributed by atoms with E-state index in [9.17, 15) is 17.6 Å². The molecule has 0 aliphatic heterocycles. The largest absolute Gasteiger partial charge is 0.497 e. The first-order valence-electron chi connectivity index (χ1n) is 10.2. The second-order valence-corrected chi connectivity index (χ2v) is 9.03. The van der Waals surface area contributed by atoms with E-state index in [0.29, 0.717) is 16.9 Å². The van der Waals surface area contributed by atoms with Crippen LogP contribution >= 0.6 is 0 Å². The molecule has 34 heavy (non-hydrogen) atoms. The summed E-state index contributed by atoms with van der Waals surface area (Å²) in [7, 11) is -1.39. The topological polar surface area (TPSA) is 97.3 Å². The molecule has 10 heteroatoms. The summed E-state index contributed by atoms with van der Waals surface area (Å²) < 4.78 is 51.6. The van der Waals surface area contributed by atoms with Gasteiger partial charge in [0.1, 0.15) is 22.2 Å². The van der Waals surface area contributed by atoms with Gasteiger partial charge >= 0.3 is 0 Å². The minimum atomic E-state index is -4.18. The third-order valence-electron chi connectivity index (χ3n) is 4.78. The number of methoxy groups -OCH3 is 2. The van der Waals surface area contributed by atoms with E-state index >= 15 is 0 Å². The molecule has 0 bridgehead atoms. The first-order valence-corrected chi connectivity index (χ1v) is 11.6. The monoisotopic (exact) mass is 485 g/mol. The lowest BCUT2D eigenvalue weighted by molar-refractivity contribution is -0.121. The first kappa shape index (κ1) is 24.9. The number of benzene rings is 3. The van der Waals surface area contributed by atoms with Crippen molar-refractivity contribution in [2.45, 2.75) is 11.4 Å². The molecule has 0 aliphatic rings. The van der Waals surface area contributed by atoms with Crippen molar-refractivity contribution in [1.82, 2.24) is 9.73 Å². The Labute approximate surface area is 197 Å². The molecule has 1 amide bonds. The average Bonchev–Trinajstić information content (AvgIpc) is 2.85. The van der Waals surface area contributed by atoms with Gasteiger partial charge in [-0.3, -0.25) is 4.79 Å². The predicted molar refractivity (Wildman–Crippen MR) is 126 cm³/mol. The molecule has 0 heterocycles. The van der Waals surface area contributed by atoms with Crippen LogP contribution in [-0.4, -0.2) is 45.6 Å². The zero-order valence-electron chi connectivity index (χ0n) is 18.6. The molecule has 3 aromatic rings. The normalized spacial score (nSPS) is 11.5. The van der Waals surface area contributed by atoms with Gasteiger partial charge in [0.05, 0.1) is 27.0 Å². The van der Waals surface area contributed by atoms with E-state index in [2.05, 4.69) is 10.5 Å². The number of amides is 1. The van der Waals surface area contributed by atoms with Gasteiger partial charge in [0, 0.05) is 12.6 Å². The van der Waals surface area contributed by atoms with Gasteiger partial charge in [-0.25, -0.2) is 18.2 Å². The molecule has 1 N–H and O–H groups in total. The number of hydrogen-bond donors (Lipinski definition) is 1.